The maximum Gasteiger partial charge on any atom is 0.293 e. The predicted molar refractivity (Wildman–Crippen MR) is 94.1 cm³/mol. The number of guanidine groups is 2. The number of nitro benzene ring substituents is 1. The largest absolute Gasteiger partial charge is 0.369 e. The van der Waals surface area contributed by atoms with E-state index in [4.69, 9.17) is 11.5 Å². The van der Waals surface area contributed by atoms with Crippen LogP contribution in [0, 0.1) is 24.0 Å². The molecule has 0 unspecified atom stereocenters. The average Bonchev–Trinajstić information content (AvgIpc) is 2.50. The molecule has 1 aliphatic heterocycles. The molecule has 0 atom stereocenters. The van der Waals surface area contributed by atoms with Crippen molar-refractivity contribution in [3.63, 3.8) is 0 Å². The van der Waals surface area contributed by atoms with Gasteiger partial charge in [-0.3, -0.25) is 15.0 Å². The number of rotatable bonds is 2. The van der Waals surface area contributed by atoms with E-state index < -0.39 is 5.66 Å². The molecule has 1 aromatic carbocycles. The van der Waals surface area contributed by atoms with Gasteiger partial charge in [0.05, 0.1) is 4.92 Å². The fourth-order valence-corrected chi connectivity index (χ4v) is 3.58. The maximum atomic E-state index is 11.6. The Balaban J connectivity index is 2.21. The molecule has 4 N–H and O–H groups in total. The number of anilines is 1. The first kappa shape index (κ1) is 16.2. The molecule has 1 fully saturated rings. The van der Waals surface area contributed by atoms with E-state index in [1.807, 2.05) is 13.8 Å². The van der Waals surface area contributed by atoms with Gasteiger partial charge in [0.1, 0.15) is 11.4 Å². The fraction of sp³-hybridized carbons (Fsp3) is 0.500. The molecule has 8 heteroatoms. The number of hydrogen-bond acceptors (Lipinski definition) is 7. The van der Waals surface area contributed by atoms with Gasteiger partial charge in [0.2, 0.25) is 11.9 Å². The predicted octanol–water partition coefficient (Wildman–Crippen LogP) is 2.32. The summed E-state index contributed by atoms with van der Waals surface area (Å²) >= 11 is 0. The molecule has 1 aliphatic carbocycles. The molecule has 0 saturated heterocycles. The Labute approximate surface area is 140 Å². The summed E-state index contributed by atoms with van der Waals surface area (Å²) < 4.78 is 0. The van der Waals surface area contributed by atoms with Crippen LogP contribution in [0.4, 0.5) is 11.4 Å². The lowest BCUT2D eigenvalue weighted by atomic mass is 9.87. The SMILES string of the molecule is Cc1cc(N2C(N)=NC(N)=NC23CCCCC3)c([N+](=O)[O-])cc1C. The molecule has 3 rings (SSSR count). The molecule has 0 bridgehead atoms. The highest BCUT2D eigenvalue weighted by Gasteiger charge is 2.44. The smallest absolute Gasteiger partial charge is 0.293 e. The highest BCUT2D eigenvalue weighted by atomic mass is 16.6. The molecular formula is C16H22N6O2. The lowest BCUT2D eigenvalue weighted by Gasteiger charge is -2.45. The van der Waals surface area contributed by atoms with Crippen molar-refractivity contribution in [1.82, 2.24) is 0 Å². The molecule has 1 heterocycles. The Kier molecular flexibility index (Phi) is 3.90. The van der Waals surface area contributed by atoms with Crippen LogP contribution in [0.5, 0.6) is 0 Å². The lowest BCUT2D eigenvalue weighted by Crippen LogP contribution is -2.58. The minimum atomic E-state index is -0.680. The molecule has 0 radical (unpaired) electrons. The van der Waals surface area contributed by atoms with Gasteiger partial charge < -0.3 is 11.5 Å². The van der Waals surface area contributed by atoms with Crippen molar-refractivity contribution in [2.24, 2.45) is 21.5 Å². The summed E-state index contributed by atoms with van der Waals surface area (Å²) in [6, 6.07) is 3.37. The van der Waals surface area contributed by atoms with Gasteiger partial charge in [-0.25, -0.2) is 4.99 Å². The first-order chi connectivity index (χ1) is 11.3. The molecule has 1 saturated carbocycles. The van der Waals surface area contributed by atoms with Crippen LogP contribution in [0.3, 0.4) is 0 Å². The zero-order chi connectivity index (χ0) is 17.5. The molecule has 1 aromatic rings. The number of nitrogens with two attached hydrogens (primary N) is 2. The van der Waals surface area contributed by atoms with Crippen molar-refractivity contribution in [3.8, 4) is 0 Å². The first-order valence-electron chi connectivity index (χ1n) is 8.09. The fourth-order valence-electron chi connectivity index (χ4n) is 3.58. The van der Waals surface area contributed by atoms with E-state index in [9.17, 15) is 10.1 Å². The Morgan fingerprint density at radius 1 is 1.17 bits per heavy atom. The summed E-state index contributed by atoms with van der Waals surface area (Å²) in [7, 11) is 0. The highest BCUT2D eigenvalue weighted by molar-refractivity contribution is 6.06. The van der Waals surface area contributed by atoms with E-state index in [0.717, 1.165) is 43.2 Å². The third-order valence-electron chi connectivity index (χ3n) is 4.88. The average molecular weight is 330 g/mol. The Morgan fingerprint density at radius 2 is 1.79 bits per heavy atom. The van der Waals surface area contributed by atoms with Crippen LogP contribution in [0.25, 0.3) is 0 Å². The number of aryl methyl sites for hydroxylation is 2. The van der Waals surface area contributed by atoms with Gasteiger partial charge in [-0.1, -0.05) is 6.42 Å². The lowest BCUT2D eigenvalue weighted by molar-refractivity contribution is -0.384. The Bertz CT molecular complexity index is 749. The van der Waals surface area contributed by atoms with Crippen LogP contribution in [-0.2, 0) is 0 Å². The Hall–Kier alpha value is -2.64. The standard InChI is InChI=1S/C16H22N6O2/c1-10-8-12(13(22(23)24)9-11(10)2)21-15(18)19-14(17)20-16(21)6-4-3-5-7-16/h8-9H,3-7H2,1-2H3,(H4,17,18,19,20). The number of nitrogens with zero attached hydrogens (tertiary/aromatic N) is 4. The van der Waals surface area contributed by atoms with Crippen LogP contribution in [-0.4, -0.2) is 22.5 Å². The minimum absolute atomic E-state index is 0.0110. The van der Waals surface area contributed by atoms with Crippen molar-refractivity contribution < 1.29 is 4.92 Å². The topological polar surface area (TPSA) is 123 Å². The Morgan fingerprint density at radius 3 is 2.42 bits per heavy atom. The zero-order valence-electron chi connectivity index (χ0n) is 14.0. The van der Waals surface area contributed by atoms with Crippen LogP contribution < -0.4 is 16.4 Å². The summed E-state index contributed by atoms with van der Waals surface area (Å²) in [5, 5.41) is 11.6. The van der Waals surface area contributed by atoms with E-state index in [2.05, 4.69) is 9.98 Å². The van der Waals surface area contributed by atoms with E-state index in [0.29, 0.717) is 5.69 Å². The van der Waals surface area contributed by atoms with E-state index in [1.165, 1.54) is 0 Å². The number of aliphatic imine (C=N–C) groups is 2. The molecule has 0 amide bonds. The molecule has 8 nitrogen and oxygen atoms in total. The third kappa shape index (κ3) is 2.57. The van der Waals surface area contributed by atoms with Crippen molar-refractivity contribution in [2.75, 3.05) is 4.90 Å². The van der Waals surface area contributed by atoms with E-state index in [1.54, 1.807) is 17.0 Å². The third-order valence-corrected chi connectivity index (χ3v) is 4.88. The van der Waals surface area contributed by atoms with Crippen LogP contribution in [0.1, 0.15) is 43.2 Å². The van der Waals surface area contributed by atoms with E-state index in [-0.39, 0.29) is 22.5 Å². The van der Waals surface area contributed by atoms with Gasteiger partial charge >= 0.3 is 0 Å². The van der Waals surface area contributed by atoms with Crippen LogP contribution >= 0.6 is 0 Å². The summed E-state index contributed by atoms with van der Waals surface area (Å²) in [5.74, 6) is 0.299. The summed E-state index contributed by atoms with van der Waals surface area (Å²) in [6.07, 6.45) is 4.54. The molecule has 0 aromatic heterocycles. The second-order valence-electron chi connectivity index (χ2n) is 6.50. The van der Waals surface area contributed by atoms with Crippen molar-refractivity contribution in [1.29, 1.82) is 0 Å². The molecule has 2 aliphatic rings. The van der Waals surface area contributed by atoms with Gasteiger partial charge in [-0.15, -0.1) is 0 Å². The van der Waals surface area contributed by atoms with Gasteiger partial charge in [0.25, 0.3) is 5.69 Å². The van der Waals surface area contributed by atoms with Crippen molar-refractivity contribution >= 4 is 23.3 Å². The van der Waals surface area contributed by atoms with Crippen LogP contribution in [0.15, 0.2) is 22.1 Å². The van der Waals surface area contributed by atoms with Crippen molar-refractivity contribution in [3.05, 3.63) is 33.4 Å². The number of nitro groups is 1. The molecular weight excluding hydrogens is 308 g/mol. The second kappa shape index (κ2) is 5.77. The normalized spacial score (nSPS) is 19.8. The zero-order valence-corrected chi connectivity index (χ0v) is 14.0. The van der Waals surface area contributed by atoms with Crippen molar-refractivity contribution in [2.45, 2.75) is 51.6 Å². The molecule has 128 valence electrons. The summed E-state index contributed by atoms with van der Waals surface area (Å²) in [6.45, 7) is 3.78. The van der Waals surface area contributed by atoms with E-state index >= 15 is 0 Å². The quantitative estimate of drug-likeness (QED) is 0.636. The number of benzene rings is 1. The van der Waals surface area contributed by atoms with Gasteiger partial charge in [0.15, 0.2) is 0 Å². The number of hydrogen-bond donors (Lipinski definition) is 2. The second-order valence-corrected chi connectivity index (χ2v) is 6.50. The summed E-state index contributed by atoms with van der Waals surface area (Å²) in [4.78, 5) is 21.6. The van der Waals surface area contributed by atoms with Gasteiger partial charge in [0, 0.05) is 6.07 Å². The van der Waals surface area contributed by atoms with Gasteiger partial charge in [-0.05, 0) is 56.7 Å². The molecule has 1 spiro atoms. The monoisotopic (exact) mass is 330 g/mol. The van der Waals surface area contributed by atoms with Gasteiger partial charge in [-0.2, -0.15) is 4.99 Å². The minimum Gasteiger partial charge on any atom is -0.369 e. The molecule has 24 heavy (non-hydrogen) atoms. The maximum absolute atomic E-state index is 11.6. The highest BCUT2D eigenvalue weighted by Crippen LogP contribution is 2.43. The van der Waals surface area contributed by atoms with Crippen LogP contribution in [0.2, 0.25) is 0 Å². The summed E-state index contributed by atoms with van der Waals surface area (Å²) in [5.41, 5.74) is 13.6. The first-order valence-corrected chi connectivity index (χ1v) is 8.09.